The van der Waals surface area contributed by atoms with E-state index in [0.29, 0.717) is 29.6 Å². The molecule has 7 heteroatoms. The van der Waals surface area contributed by atoms with Gasteiger partial charge in [0.2, 0.25) is 5.91 Å². The first-order valence-electron chi connectivity index (χ1n) is 8.65. The summed E-state index contributed by atoms with van der Waals surface area (Å²) in [6, 6.07) is 8.14. The Morgan fingerprint density at radius 2 is 2.27 bits per heavy atom. The zero-order valence-electron chi connectivity index (χ0n) is 14.5. The number of fused-ring (bicyclic) bond motifs is 2. The van der Waals surface area contributed by atoms with E-state index >= 15 is 0 Å². The fourth-order valence-corrected chi connectivity index (χ4v) is 4.31. The van der Waals surface area contributed by atoms with Crippen molar-refractivity contribution in [1.82, 2.24) is 19.9 Å². The lowest BCUT2D eigenvalue weighted by molar-refractivity contribution is -0.124. The summed E-state index contributed by atoms with van der Waals surface area (Å²) in [7, 11) is 0. The minimum Gasteiger partial charge on any atom is -0.361 e. The van der Waals surface area contributed by atoms with Crippen LogP contribution in [0.3, 0.4) is 0 Å². The standard InChI is InChI=1S/C19H20N4O2S/c1-12-8-22-19-23(18(12)25)10-14(11-26-19)17(24)20-7-6-13-9-21-16-5-3-2-4-15(13)16/h2-5,8-9,14,21H,6-7,10-11H2,1H3,(H,20,24). The number of aromatic amines is 1. The van der Waals surface area contributed by atoms with Gasteiger partial charge in [-0.1, -0.05) is 30.0 Å². The fourth-order valence-electron chi connectivity index (χ4n) is 3.26. The number of aromatic nitrogens is 3. The first-order valence-corrected chi connectivity index (χ1v) is 9.64. The molecule has 4 rings (SSSR count). The Labute approximate surface area is 155 Å². The minimum atomic E-state index is -0.211. The van der Waals surface area contributed by atoms with Gasteiger partial charge in [0, 0.05) is 47.7 Å². The molecule has 0 saturated heterocycles. The zero-order valence-corrected chi connectivity index (χ0v) is 15.3. The third-order valence-corrected chi connectivity index (χ3v) is 5.89. The Morgan fingerprint density at radius 1 is 1.42 bits per heavy atom. The summed E-state index contributed by atoms with van der Waals surface area (Å²) < 4.78 is 1.62. The van der Waals surface area contributed by atoms with Crippen molar-refractivity contribution in [3.63, 3.8) is 0 Å². The maximum atomic E-state index is 12.5. The van der Waals surface area contributed by atoms with Crippen LogP contribution in [0.1, 0.15) is 11.1 Å². The Balaban J connectivity index is 1.38. The molecule has 0 spiro atoms. The molecule has 1 aliphatic rings. The van der Waals surface area contributed by atoms with Crippen LogP contribution in [0.4, 0.5) is 0 Å². The number of nitrogens with zero attached hydrogens (tertiary/aromatic N) is 2. The van der Waals surface area contributed by atoms with Crippen molar-refractivity contribution in [3.8, 4) is 0 Å². The largest absolute Gasteiger partial charge is 0.361 e. The number of H-pyrrole nitrogens is 1. The van der Waals surface area contributed by atoms with Crippen LogP contribution in [0.2, 0.25) is 0 Å². The number of benzene rings is 1. The second-order valence-corrected chi connectivity index (χ2v) is 7.54. The van der Waals surface area contributed by atoms with E-state index in [0.717, 1.165) is 11.9 Å². The summed E-state index contributed by atoms with van der Waals surface area (Å²) in [5.41, 5.74) is 2.85. The average Bonchev–Trinajstić information content (AvgIpc) is 3.08. The Morgan fingerprint density at radius 3 is 3.15 bits per heavy atom. The summed E-state index contributed by atoms with van der Waals surface area (Å²) >= 11 is 1.47. The topological polar surface area (TPSA) is 79.8 Å². The molecule has 1 atom stereocenters. The van der Waals surface area contributed by atoms with Crippen molar-refractivity contribution in [2.75, 3.05) is 12.3 Å². The molecule has 26 heavy (non-hydrogen) atoms. The summed E-state index contributed by atoms with van der Waals surface area (Å²) in [6.45, 7) is 2.72. The minimum absolute atomic E-state index is 0.00334. The molecule has 1 unspecified atom stereocenters. The second kappa shape index (κ2) is 6.99. The Kier molecular flexibility index (Phi) is 4.55. The van der Waals surface area contributed by atoms with Crippen molar-refractivity contribution in [3.05, 3.63) is 58.1 Å². The highest BCUT2D eigenvalue weighted by Gasteiger charge is 2.26. The molecule has 3 heterocycles. The van der Waals surface area contributed by atoms with Crippen molar-refractivity contribution < 1.29 is 4.79 Å². The van der Waals surface area contributed by atoms with E-state index in [1.54, 1.807) is 17.7 Å². The number of carbonyl (C=O) groups is 1. The molecule has 0 radical (unpaired) electrons. The van der Waals surface area contributed by atoms with Gasteiger partial charge in [0.15, 0.2) is 5.16 Å². The molecule has 6 nitrogen and oxygen atoms in total. The number of para-hydroxylation sites is 1. The van der Waals surface area contributed by atoms with Gasteiger partial charge in [-0.2, -0.15) is 0 Å². The number of amides is 1. The predicted octanol–water partition coefficient (Wildman–Crippen LogP) is 2.11. The van der Waals surface area contributed by atoms with Gasteiger partial charge < -0.3 is 10.3 Å². The van der Waals surface area contributed by atoms with Gasteiger partial charge in [-0.15, -0.1) is 0 Å². The molecule has 2 aromatic heterocycles. The molecule has 3 aromatic rings. The maximum absolute atomic E-state index is 12.5. The fraction of sp³-hybridized carbons (Fsp3) is 0.316. The lowest BCUT2D eigenvalue weighted by Crippen LogP contribution is -2.40. The van der Waals surface area contributed by atoms with Crippen LogP contribution < -0.4 is 10.9 Å². The maximum Gasteiger partial charge on any atom is 0.257 e. The Bertz CT molecular complexity index is 1020. The van der Waals surface area contributed by atoms with Crippen LogP contribution >= 0.6 is 11.8 Å². The zero-order chi connectivity index (χ0) is 18.1. The van der Waals surface area contributed by atoms with E-state index in [2.05, 4.69) is 21.4 Å². The number of rotatable bonds is 4. The molecular formula is C19H20N4O2S. The molecule has 0 bridgehead atoms. The van der Waals surface area contributed by atoms with Gasteiger partial charge in [0.1, 0.15) is 0 Å². The number of hydrogen-bond donors (Lipinski definition) is 2. The number of hydrogen-bond acceptors (Lipinski definition) is 4. The van der Waals surface area contributed by atoms with Gasteiger partial charge in [-0.25, -0.2) is 4.98 Å². The normalized spacial score (nSPS) is 16.4. The smallest absolute Gasteiger partial charge is 0.257 e. The van der Waals surface area contributed by atoms with Crippen molar-refractivity contribution in [1.29, 1.82) is 0 Å². The average molecular weight is 368 g/mol. The van der Waals surface area contributed by atoms with Gasteiger partial charge in [-0.05, 0) is 25.0 Å². The molecule has 0 saturated carbocycles. The molecule has 134 valence electrons. The van der Waals surface area contributed by atoms with E-state index in [1.807, 2.05) is 24.4 Å². The molecule has 0 fully saturated rings. The second-order valence-electron chi connectivity index (χ2n) is 6.55. The molecular weight excluding hydrogens is 348 g/mol. The van der Waals surface area contributed by atoms with Crippen LogP contribution in [-0.2, 0) is 17.8 Å². The van der Waals surface area contributed by atoms with E-state index in [4.69, 9.17) is 0 Å². The third-order valence-electron chi connectivity index (χ3n) is 4.74. The number of carbonyl (C=O) groups excluding carboxylic acids is 1. The van der Waals surface area contributed by atoms with E-state index in [1.165, 1.54) is 22.7 Å². The first kappa shape index (κ1) is 16.9. The lowest BCUT2D eigenvalue weighted by Gasteiger charge is -2.24. The highest BCUT2D eigenvalue weighted by molar-refractivity contribution is 7.99. The highest BCUT2D eigenvalue weighted by atomic mass is 32.2. The van der Waals surface area contributed by atoms with E-state index in [-0.39, 0.29) is 17.4 Å². The van der Waals surface area contributed by atoms with Crippen LogP contribution in [0, 0.1) is 12.8 Å². The van der Waals surface area contributed by atoms with Crippen LogP contribution in [0.25, 0.3) is 10.9 Å². The molecule has 0 aliphatic carbocycles. The monoisotopic (exact) mass is 368 g/mol. The molecule has 1 aliphatic heterocycles. The van der Waals surface area contributed by atoms with Crippen LogP contribution in [0.15, 0.2) is 46.6 Å². The van der Waals surface area contributed by atoms with Crippen molar-refractivity contribution in [2.45, 2.75) is 25.0 Å². The highest BCUT2D eigenvalue weighted by Crippen LogP contribution is 2.25. The van der Waals surface area contributed by atoms with Gasteiger partial charge >= 0.3 is 0 Å². The van der Waals surface area contributed by atoms with Gasteiger partial charge in [0.25, 0.3) is 5.56 Å². The van der Waals surface area contributed by atoms with Gasteiger partial charge in [0.05, 0.1) is 5.92 Å². The van der Waals surface area contributed by atoms with Gasteiger partial charge in [-0.3, -0.25) is 14.2 Å². The number of nitrogens with one attached hydrogen (secondary N) is 2. The SMILES string of the molecule is Cc1cnc2n(c1=O)CC(C(=O)NCCc1c[nH]c3ccccc13)CS2. The van der Waals surface area contributed by atoms with Crippen LogP contribution in [0.5, 0.6) is 0 Å². The van der Waals surface area contributed by atoms with Crippen LogP contribution in [-0.4, -0.2) is 32.7 Å². The van der Waals surface area contributed by atoms with Crippen molar-refractivity contribution >= 4 is 28.6 Å². The summed E-state index contributed by atoms with van der Waals surface area (Å²) in [4.78, 5) is 32.3. The third kappa shape index (κ3) is 3.14. The van der Waals surface area contributed by atoms with E-state index in [9.17, 15) is 9.59 Å². The predicted molar refractivity (Wildman–Crippen MR) is 102 cm³/mol. The lowest BCUT2D eigenvalue weighted by atomic mass is 10.1. The Hall–Kier alpha value is -2.54. The summed E-state index contributed by atoms with van der Waals surface area (Å²) in [5.74, 6) is 0.433. The quantitative estimate of drug-likeness (QED) is 0.692. The molecule has 1 amide bonds. The molecule has 1 aromatic carbocycles. The number of aryl methyl sites for hydroxylation is 1. The summed E-state index contributed by atoms with van der Waals surface area (Å²) in [5, 5.41) is 4.91. The van der Waals surface area contributed by atoms with E-state index < -0.39 is 0 Å². The first-order chi connectivity index (χ1) is 12.6. The summed E-state index contributed by atoms with van der Waals surface area (Å²) in [6.07, 6.45) is 4.37. The number of thioether (sulfide) groups is 1. The molecule has 2 N–H and O–H groups in total. The van der Waals surface area contributed by atoms with Crippen molar-refractivity contribution in [2.24, 2.45) is 5.92 Å².